The Morgan fingerprint density at radius 3 is 2.67 bits per heavy atom. The van der Waals surface area contributed by atoms with E-state index >= 15 is 0 Å². The van der Waals surface area contributed by atoms with Gasteiger partial charge in [0.1, 0.15) is 0 Å². The molecule has 3 heterocycles. The van der Waals surface area contributed by atoms with Gasteiger partial charge in [0.05, 0.1) is 18.2 Å². The monoisotopic (exact) mass is 295 g/mol. The minimum Gasteiger partial charge on any atom is -0.369 e. The Morgan fingerprint density at radius 1 is 1.19 bits per heavy atom. The molecule has 2 amide bonds. The van der Waals surface area contributed by atoms with Crippen LogP contribution in [0.1, 0.15) is 38.5 Å². The highest BCUT2D eigenvalue weighted by atomic mass is 16.5. The number of likely N-dealkylation sites (tertiary alicyclic amines) is 2. The lowest BCUT2D eigenvalue weighted by atomic mass is 9.90. The largest absolute Gasteiger partial charge is 0.369 e. The molecule has 0 N–H and O–H groups in total. The number of rotatable bonds is 2. The minimum atomic E-state index is -0.0612. The molecule has 0 aromatic heterocycles. The molecule has 1 spiro atoms. The van der Waals surface area contributed by atoms with Crippen LogP contribution in [0.4, 0.5) is 4.79 Å². The first-order chi connectivity index (χ1) is 10.1. The van der Waals surface area contributed by atoms with Gasteiger partial charge >= 0.3 is 6.03 Å². The van der Waals surface area contributed by atoms with Crippen molar-refractivity contribution in [3.05, 3.63) is 0 Å². The van der Waals surface area contributed by atoms with Gasteiger partial charge in [0.15, 0.2) is 0 Å². The van der Waals surface area contributed by atoms with Crippen molar-refractivity contribution < 1.29 is 9.53 Å². The molecule has 21 heavy (non-hydrogen) atoms. The topological polar surface area (TPSA) is 36.0 Å². The number of nitrogens with zero attached hydrogens (tertiary/aromatic N) is 3. The number of hydrogen-bond donors (Lipinski definition) is 0. The number of carbonyl (C=O) groups is 1. The molecule has 120 valence electrons. The van der Waals surface area contributed by atoms with E-state index in [-0.39, 0.29) is 11.6 Å². The van der Waals surface area contributed by atoms with E-state index in [1.165, 1.54) is 38.8 Å². The summed E-state index contributed by atoms with van der Waals surface area (Å²) in [5.41, 5.74) is -0.0612. The highest BCUT2D eigenvalue weighted by molar-refractivity contribution is 5.74. The summed E-state index contributed by atoms with van der Waals surface area (Å²) < 4.78 is 6.50. The minimum absolute atomic E-state index is 0.0612. The normalized spacial score (nSPS) is 33.8. The van der Waals surface area contributed by atoms with Gasteiger partial charge in [-0.2, -0.15) is 0 Å². The Bertz CT molecular complexity index is 382. The Hall–Kier alpha value is -0.810. The highest BCUT2D eigenvalue weighted by Gasteiger charge is 2.44. The van der Waals surface area contributed by atoms with Gasteiger partial charge in [0, 0.05) is 27.2 Å². The van der Waals surface area contributed by atoms with Crippen LogP contribution in [-0.2, 0) is 4.74 Å². The van der Waals surface area contributed by atoms with Crippen molar-refractivity contribution in [1.29, 1.82) is 0 Å². The first-order valence-corrected chi connectivity index (χ1v) is 8.44. The van der Waals surface area contributed by atoms with Crippen LogP contribution in [0.5, 0.6) is 0 Å². The van der Waals surface area contributed by atoms with E-state index in [9.17, 15) is 4.79 Å². The molecule has 0 aromatic carbocycles. The fraction of sp³-hybridized carbons (Fsp3) is 0.938. The van der Waals surface area contributed by atoms with Crippen LogP contribution in [-0.4, -0.2) is 79.3 Å². The van der Waals surface area contributed by atoms with Gasteiger partial charge in [-0.1, -0.05) is 0 Å². The molecule has 0 saturated carbocycles. The first kappa shape index (κ1) is 15.1. The standard InChI is InChI=1S/C16H29N3O2/c1-17(2)15(20)19-11-8-16(13-19)7-5-6-14(21-16)12-18-9-3-4-10-18/h14H,3-13H2,1-2H3/t14-,16-/m1/s1. The van der Waals surface area contributed by atoms with Gasteiger partial charge in [-0.15, -0.1) is 0 Å². The molecule has 0 radical (unpaired) electrons. The number of ether oxygens (including phenoxy) is 1. The average Bonchev–Trinajstić information content (AvgIpc) is 3.09. The molecule has 2 atom stereocenters. The molecular formula is C16H29N3O2. The number of urea groups is 1. The van der Waals surface area contributed by atoms with Gasteiger partial charge < -0.3 is 19.4 Å². The molecule has 0 aromatic rings. The second-order valence-electron chi connectivity index (χ2n) is 7.17. The summed E-state index contributed by atoms with van der Waals surface area (Å²) >= 11 is 0. The second-order valence-corrected chi connectivity index (χ2v) is 7.17. The second kappa shape index (κ2) is 6.13. The third kappa shape index (κ3) is 3.34. The van der Waals surface area contributed by atoms with Crippen molar-refractivity contribution in [2.45, 2.75) is 50.2 Å². The summed E-state index contributed by atoms with van der Waals surface area (Å²) in [5, 5.41) is 0. The van der Waals surface area contributed by atoms with Crippen molar-refractivity contribution in [2.75, 3.05) is 46.8 Å². The van der Waals surface area contributed by atoms with E-state index in [2.05, 4.69) is 4.90 Å². The van der Waals surface area contributed by atoms with Crippen LogP contribution in [0.15, 0.2) is 0 Å². The fourth-order valence-electron chi connectivity index (χ4n) is 4.10. The van der Waals surface area contributed by atoms with Gasteiger partial charge in [-0.25, -0.2) is 4.79 Å². The van der Waals surface area contributed by atoms with E-state index in [4.69, 9.17) is 4.74 Å². The van der Waals surface area contributed by atoms with Crippen molar-refractivity contribution in [1.82, 2.24) is 14.7 Å². The predicted octanol–water partition coefficient (Wildman–Crippen LogP) is 1.78. The molecule has 0 aliphatic carbocycles. The molecule has 3 aliphatic rings. The van der Waals surface area contributed by atoms with Crippen molar-refractivity contribution in [3.63, 3.8) is 0 Å². The van der Waals surface area contributed by atoms with E-state index in [0.29, 0.717) is 6.10 Å². The lowest BCUT2D eigenvalue weighted by Gasteiger charge is -2.40. The maximum Gasteiger partial charge on any atom is 0.319 e. The maximum absolute atomic E-state index is 12.1. The van der Waals surface area contributed by atoms with Crippen LogP contribution in [0.3, 0.4) is 0 Å². The summed E-state index contributed by atoms with van der Waals surface area (Å²) in [5.74, 6) is 0. The Labute approximate surface area is 128 Å². The third-order valence-corrected chi connectivity index (χ3v) is 5.21. The SMILES string of the molecule is CN(C)C(=O)N1CC[C@]2(CCC[C@H](CN3CCCC3)O2)C1. The summed E-state index contributed by atoms with van der Waals surface area (Å²) in [7, 11) is 3.65. The fourth-order valence-corrected chi connectivity index (χ4v) is 4.10. The van der Waals surface area contributed by atoms with E-state index in [1.54, 1.807) is 4.90 Å². The smallest absolute Gasteiger partial charge is 0.319 e. The van der Waals surface area contributed by atoms with Crippen LogP contribution >= 0.6 is 0 Å². The van der Waals surface area contributed by atoms with Gasteiger partial charge in [-0.3, -0.25) is 0 Å². The zero-order chi connectivity index (χ0) is 14.9. The van der Waals surface area contributed by atoms with Gasteiger partial charge in [-0.05, 0) is 51.6 Å². The first-order valence-electron chi connectivity index (χ1n) is 8.44. The lowest BCUT2D eigenvalue weighted by molar-refractivity contribution is -0.126. The zero-order valence-corrected chi connectivity index (χ0v) is 13.5. The van der Waals surface area contributed by atoms with E-state index in [1.807, 2.05) is 19.0 Å². The van der Waals surface area contributed by atoms with Crippen LogP contribution in [0.2, 0.25) is 0 Å². The Morgan fingerprint density at radius 2 is 1.95 bits per heavy atom. The Balaban J connectivity index is 1.56. The molecular weight excluding hydrogens is 266 g/mol. The molecule has 3 fully saturated rings. The summed E-state index contributed by atoms with van der Waals surface area (Å²) in [6.45, 7) is 5.17. The van der Waals surface area contributed by atoms with E-state index in [0.717, 1.165) is 32.5 Å². The van der Waals surface area contributed by atoms with E-state index < -0.39 is 0 Å². The molecule has 5 nitrogen and oxygen atoms in total. The van der Waals surface area contributed by atoms with Crippen LogP contribution in [0.25, 0.3) is 0 Å². The molecule has 0 bridgehead atoms. The summed E-state index contributed by atoms with van der Waals surface area (Å²) in [4.78, 5) is 18.3. The number of hydrogen-bond acceptors (Lipinski definition) is 3. The molecule has 5 heteroatoms. The summed E-state index contributed by atoms with van der Waals surface area (Å²) in [6, 6.07) is 0.122. The van der Waals surface area contributed by atoms with Gasteiger partial charge in [0.25, 0.3) is 0 Å². The average molecular weight is 295 g/mol. The molecule has 0 unspecified atom stereocenters. The van der Waals surface area contributed by atoms with Crippen molar-refractivity contribution in [3.8, 4) is 0 Å². The molecule has 3 rings (SSSR count). The number of carbonyl (C=O) groups excluding carboxylic acids is 1. The van der Waals surface area contributed by atoms with Crippen molar-refractivity contribution >= 4 is 6.03 Å². The zero-order valence-electron chi connectivity index (χ0n) is 13.5. The predicted molar refractivity (Wildman–Crippen MR) is 82.4 cm³/mol. The Kier molecular flexibility index (Phi) is 4.41. The van der Waals surface area contributed by atoms with Crippen LogP contribution < -0.4 is 0 Å². The number of amides is 2. The quantitative estimate of drug-likeness (QED) is 0.779. The highest BCUT2D eigenvalue weighted by Crippen LogP contribution is 2.37. The summed E-state index contributed by atoms with van der Waals surface area (Å²) in [6.07, 6.45) is 7.57. The van der Waals surface area contributed by atoms with Crippen molar-refractivity contribution in [2.24, 2.45) is 0 Å². The molecule has 3 aliphatic heterocycles. The van der Waals surface area contributed by atoms with Crippen LogP contribution in [0, 0.1) is 0 Å². The third-order valence-electron chi connectivity index (χ3n) is 5.21. The van der Waals surface area contributed by atoms with Gasteiger partial charge in [0.2, 0.25) is 0 Å². The lowest BCUT2D eigenvalue weighted by Crippen LogP contribution is -2.48. The molecule has 3 saturated heterocycles. The maximum atomic E-state index is 12.1.